The Labute approximate surface area is 211 Å². The molecule has 0 radical (unpaired) electrons. The Morgan fingerprint density at radius 3 is 2.30 bits per heavy atom. The number of benzene rings is 2. The van der Waals surface area contributed by atoms with Crippen LogP contribution in [0.2, 0.25) is 0 Å². The molecule has 37 heavy (non-hydrogen) atoms. The number of pyridine rings is 1. The second-order valence-electron chi connectivity index (χ2n) is 8.40. The van der Waals surface area contributed by atoms with Crippen LogP contribution < -0.4 is 10.6 Å². The Hall–Kier alpha value is -4.49. The van der Waals surface area contributed by atoms with Gasteiger partial charge in [0.1, 0.15) is 11.9 Å². The van der Waals surface area contributed by atoms with E-state index in [9.17, 15) is 18.0 Å². The molecule has 0 saturated heterocycles. The number of rotatable bonds is 8. The van der Waals surface area contributed by atoms with Crippen LogP contribution in [0, 0.1) is 11.3 Å². The van der Waals surface area contributed by atoms with Crippen molar-refractivity contribution in [1.29, 1.82) is 5.26 Å². The Bertz CT molecular complexity index is 1380. The highest BCUT2D eigenvalue weighted by molar-refractivity contribution is 5.95. The van der Waals surface area contributed by atoms with Crippen LogP contribution in [-0.2, 0) is 11.8 Å². The molecular weight excluding hydrogens is 481 g/mol. The normalized spacial score (nSPS) is 12.9. The summed E-state index contributed by atoms with van der Waals surface area (Å²) < 4.78 is 43.5. The van der Waals surface area contributed by atoms with Crippen LogP contribution in [0.15, 0.2) is 85.3 Å². The number of hydrogen-bond acceptors (Lipinski definition) is 5. The minimum Gasteiger partial charge on any atom is -0.309 e. The van der Waals surface area contributed by atoms with E-state index < -0.39 is 30.6 Å². The van der Waals surface area contributed by atoms with E-state index in [0.29, 0.717) is 5.56 Å². The fraction of sp³-hybridized carbons (Fsp3) is 0.185. The number of carbonyl (C=O) groups excluding carboxylic acids is 1. The minimum atomic E-state index is -4.57. The zero-order chi connectivity index (χ0) is 26.4. The smallest absolute Gasteiger partial charge is 0.309 e. The number of aryl methyl sites for hydroxylation is 1. The first-order chi connectivity index (χ1) is 17.7. The first-order valence-corrected chi connectivity index (χ1v) is 11.4. The SMILES string of the molecule is Cn1cc(-c2ccc(NC(=O)C(NC[C@H](c3ccc(C#N)cc3)C(F)(F)F)c3ccccc3)nc2)cn1. The second-order valence-corrected chi connectivity index (χ2v) is 8.40. The Balaban J connectivity index is 1.53. The van der Waals surface area contributed by atoms with Crippen molar-refractivity contribution in [2.45, 2.75) is 18.1 Å². The molecule has 0 spiro atoms. The zero-order valence-corrected chi connectivity index (χ0v) is 19.8. The fourth-order valence-corrected chi connectivity index (χ4v) is 3.86. The van der Waals surface area contributed by atoms with Crippen molar-refractivity contribution in [3.8, 4) is 17.2 Å². The van der Waals surface area contributed by atoms with Gasteiger partial charge in [0.2, 0.25) is 5.91 Å². The van der Waals surface area contributed by atoms with E-state index in [1.54, 1.807) is 66.6 Å². The number of nitrogens with one attached hydrogen (secondary N) is 2. The molecule has 2 aromatic heterocycles. The van der Waals surface area contributed by atoms with Crippen molar-refractivity contribution < 1.29 is 18.0 Å². The number of anilines is 1. The average Bonchev–Trinajstić information content (AvgIpc) is 3.33. The molecule has 188 valence electrons. The zero-order valence-electron chi connectivity index (χ0n) is 19.8. The van der Waals surface area contributed by atoms with Crippen molar-refractivity contribution >= 4 is 11.7 Å². The van der Waals surface area contributed by atoms with Crippen LogP contribution in [0.4, 0.5) is 19.0 Å². The number of aromatic nitrogens is 3. The molecule has 10 heteroatoms. The highest BCUT2D eigenvalue weighted by atomic mass is 19.4. The molecule has 7 nitrogen and oxygen atoms in total. The van der Waals surface area contributed by atoms with Crippen LogP contribution in [0.25, 0.3) is 11.1 Å². The van der Waals surface area contributed by atoms with Crippen LogP contribution >= 0.6 is 0 Å². The van der Waals surface area contributed by atoms with Gasteiger partial charge in [0.05, 0.1) is 23.7 Å². The highest BCUT2D eigenvalue weighted by Gasteiger charge is 2.41. The van der Waals surface area contributed by atoms with Crippen LogP contribution in [-0.4, -0.2) is 33.4 Å². The van der Waals surface area contributed by atoms with Gasteiger partial charge in [-0.2, -0.15) is 23.5 Å². The van der Waals surface area contributed by atoms with Crippen molar-refractivity contribution in [2.24, 2.45) is 7.05 Å². The fourth-order valence-electron chi connectivity index (χ4n) is 3.86. The molecule has 2 N–H and O–H groups in total. The van der Waals surface area contributed by atoms with E-state index in [1.807, 2.05) is 12.3 Å². The molecule has 0 aliphatic heterocycles. The lowest BCUT2D eigenvalue weighted by Gasteiger charge is -2.25. The molecule has 2 atom stereocenters. The maximum absolute atomic E-state index is 13.9. The van der Waals surface area contributed by atoms with E-state index in [4.69, 9.17) is 5.26 Å². The first-order valence-electron chi connectivity index (χ1n) is 11.4. The number of nitriles is 1. The van der Waals surface area contributed by atoms with E-state index in [1.165, 1.54) is 24.3 Å². The number of amides is 1. The first kappa shape index (κ1) is 25.6. The van der Waals surface area contributed by atoms with E-state index in [2.05, 4.69) is 20.7 Å². The summed E-state index contributed by atoms with van der Waals surface area (Å²) in [6.07, 6.45) is 0.538. The molecule has 0 aliphatic rings. The third kappa shape index (κ3) is 6.39. The van der Waals surface area contributed by atoms with Gasteiger partial charge in [0, 0.05) is 37.1 Å². The molecule has 1 amide bonds. The summed E-state index contributed by atoms with van der Waals surface area (Å²) in [5.41, 5.74) is 2.43. The van der Waals surface area contributed by atoms with Gasteiger partial charge in [-0.3, -0.25) is 9.48 Å². The molecule has 2 aromatic carbocycles. The summed E-state index contributed by atoms with van der Waals surface area (Å²) in [4.78, 5) is 17.5. The van der Waals surface area contributed by atoms with Crippen molar-refractivity contribution in [3.05, 3.63) is 102 Å². The molecule has 0 saturated carbocycles. The lowest BCUT2D eigenvalue weighted by atomic mass is 9.96. The topological polar surface area (TPSA) is 95.6 Å². The predicted molar refractivity (Wildman–Crippen MR) is 132 cm³/mol. The average molecular weight is 505 g/mol. The monoisotopic (exact) mass is 504 g/mol. The number of alkyl halides is 3. The largest absolute Gasteiger partial charge is 0.396 e. The summed E-state index contributed by atoms with van der Waals surface area (Å²) >= 11 is 0. The standard InChI is InChI=1S/C27H23F3N6O/c1-36-17-22(15-34-36)21-11-12-24(32-14-21)35-26(37)25(20-5-3-2-4-6-20)33-16-23(27(28,29)30)19-9-7-18(13-31)8-10-19/h2-12,14-15,17,23,25,33H,16H2,1H3,(H,32,35,37)/t23-,25?/m1/s1. The van der Waals surface area contributed by atoms with E-state index in [0.717, 1.165) is 11.1 Å². The quantitative estimate of drug-likeness (QED) is 0.353. The Morgan fingerprint density at radius 2 is 1.73 bits per heavy atom. The van der Waals surface area contributed by atoms with Gasteiger partial charge >= 0.3 is 6.18 Å². The maximum Gasteiger partial charge on any atom is 0.396 e. The Morgan fingerprint density at radius 1 is 1.00 bits per heavy atom. The molecule has 1 unspecified atom stereocenters. The summed E-state index contributed by atoms with van der Waals surface area (Å²) in [5.74, 6) is -2.16. The molecule has 0 bridgehead atoms. The maximum atomic E-state index is 13.9. The summed E-state index contributed by atoms with van der Waals surface area (Å²) in [7, 11) is 1.80. The third-order valence-electron chi connectivity index (χ3n) is 5.81. The van der Waals surface area contributed by atoms with Crippen LogP contribution in [0.5, 0.6) is 0 Å². The number of nitrogens with zero attached hydrogens (tertiary/aromatic N) is 4. The van der Waals surface area contributed by atoms with Gasteiger partial charge in [-0.1, -0.05) is 42.5 Å². The van der Waals surface area contributed by atoms with Crippen LogP contribution in [0.3, 0.4) is 0 Å². The molecular formula is C27H23F3N6O. The van der Waals surface area contributed by atoms with Gasteiger partial charge in [0.15, 0.2) is 0 Å². The predicted octanol–water partition coefficient (Wildman–Crippen LogP) is 4.97. The molecule has 0 aliphatic carbocycles. The minimum absolute atomic E-state index is 0.00104. The lowest BCUT2D eigenvalue weighted by molar-refractivity contribution is -0.150. The second kappa shape index (κ2) is 11.1. The Kier molecular flexibility index (Phi) is 7.65. The number of hydrogen-bond donors (Lipinski definition) is 2. The highest BCUT2D eigenvalue weighted by Crippen LogP contribution is 2.35. The van der Waals surface area contributed by atoms with Crippen molar-refractivity contribution in [3.63, 3.8) is 0 Å². The third-order valence-corrected chi connectivity index (χ3v) is 5.81. The van der Waals surface area contributed by atoms with E-state index in [-0.39, 0.29) is 16.9 Å². The van der Waals surface area contributed by atoms with Gasteiger partial charge in [-0.15, -0.1) is 0 Å². The lowest BCUT2D eigenvalue weighted by Crippen LogP contribution is -2.39. The summed E-state index contributed by atoms with van der Waals surface area (Å²) in [6, 6.07) is 18.0. The van der Waals surface area contributed by atoms with Crippen LogP contribution in [0.1, 0.15) is 28.7 Å². The molecule has 4 rings (SSSR count). The van der Waals surface area contributed by atoms with Gasteiger partial charge in [-0.05, 0) is 35.4 Å². The molecule has 4 aromatic rings. The van der Waals surface area contributed by atoms with Gasteiger partial charge < -0.3 is 10.6 Å². The van der Waals surface area contributed by atoms with Gasteiger partial charge in [-0.25, -0.2) is 4.98 Å². The van der Waals surface area contributed by atoms with Crippen molar-refractivity contribution in [2.75, 3.05) is 11.9 Å². The number of halogens is 3. The van der Waals surface area contributed by atoms with Crippen molar-refractivity contribution in [1.82, 2.24) is 20.1 Å². The van der Waals surface area contributed by atoms with Gasteiger partial charge in [0.25, 0.3) is 0 Å². The summed E-state index contributed by atoms with van der Waals surface area (Å²) in [5, 5.41) is 18.6. The molecule has 0 fully saturated rings. The number of carbonyl (C=O) groups is 1. The molecule has 2 heterocycles. The summed E-state index contributed by atoms with van der Waals surface area (Å²) in [6.45, 7) is -0.546. The van der Waals surface area contributed by atoms with E-state index >= 15 is 0 Å².